The fourth-order valence-corrected chi connectivity index (χ4v) is 3.76. The van der Waals surface area contributed by atoms with Crippen LogP contribution in [-0.4, -0.2) is 29.4 Å². The molecule has 2 aromatic carbocycles. The van der Waals surface area contributed by atoms with Gasteiger partial charge >= 0.3 is 5.97 Å². The third-order valence-corrected chi connectivity index (χ3v) is 5.29. The lowest BCUT2D eigenvalue weighted by Crippen LogP contribution is -2.13. The Kier molecular flexibility index (Phi) is 5.28. The van der Waals surface area contributed by atoms with Crippen LogP contribution in [0.25, 0.3) is 22.0 Å². The van der Waals surface area contributed by atoms with Crippen molar-refractivity contribution in [3.8, 4) is 16.9 Å². The minimum atomic E-state index is -0.392. The van der Waals surface area contributed by atoms with Crippen LogP contribution in [0.2, 0.25) is 0 Å². The number of fused-ring (bicyclic) bond motifs is 1. The van der Waals surface area contributed by atoms with Gasteiger partial charge in [-0.15, -0.1) is 0 Å². The molecule has 3 aromatic rings. The maximum absolute atomic E-state index is 15.1. The number of halogens is 1. The highest BCUT2D eigenvalue weighted by Crippen LogP contribution is 2.37. The summed E-state index contributed by atoms with van der Waals surface area (Å²) in [6, 6.07) is 9.21. The minimum Gasteiger partial charge on any atom is -0.487 e. The Hall–Kier alpha value is -2.89. The summed E-state index contributed by atoms with van der Waals surface area (Å²) in [7, 11) is 1.35. The van der Waals surface area contributed by atoms with E-state index < -0.39 is 5.82 Å². The van der Waals surface area contributed by atoms with Gasteiger partial charge in [0.2, 0.25) is 0 Å². The summed E-state index contributed by atoms with van der Waals surface area (Å²) < 4.78 is 25.8. The van der Waals surface area contributed by atoms with Gasteiger partial charge in [0.15, 0.2) is 11.6 Å². The van der Waals surface area contributed by atoms with E-state index in [0.29, 0.717) is 12.0 Å². The second-order valence-electron chi connectivity index (χ2n) is 7.23. The number of benzene rings is 2. The number of esters is 1. The van der Waals surface area contributed by atoms with E-state index in [1.807, 2.05) is 24.3 Å². The molecular weight excluding hydrogens is 359 g/mol. The molecule has 4 rings (SSSR count). The number of hydrogen-bond acceptors (Lipinski definition) is 4. The van der Waals surface area contributed by atoms with Crippen molar-refractivity contribution in [3.05, 3.63) is 47.9 Å². The van der Waals surface area contributed by atoms with Crippen LogP contribution in [0.1, 0.15) is 37.7 Å². The second-order valence-corrected chi connectivity index (χ2v) is 7.23. The quantitative estimate of drug-likeness (QED) is 0.622. The number of nitrogens with one attached hydrogen (secondary N) is 1. The van der Waals surface area contributed by atoms with Gasteiger partial charge in [-0.25, -0.2) is 4.39 Å². The van der Waals surface area contributed by atoms with E-state index >= 15 is 4.39 Å². The second kappa shape index (κ2) is 8.00. The molecule has 0 unspecified atom stereocenters. The first-order chi connectivity index (χ1) is 13.6. The zero-order valence-corrected chi connectivity index (χ0v) is 15.8. The molecule has 1 aliphatic carbocycles. The Bertz CT molecular complexity index is 993. The van der Waals surface area contributed by atoms with Crippen molar-refractivity contribution in [2.24, 2.45) is 0 Å². The third kappa shape index (κ3) is 3.86. The predicted octanol–water partition coefficient (Wildman–Crippen LogP) is 4.80. The molecule has 1 fully saturated rings. The Balaban J connectivity index is 1.74. The molecule has 146 valence electrons. The lowest BCUT2D eigenvalue weighted by Gasteiger charge is -2.19. The number of carbonyl (C=O) groups excluding carboxylic acids is 1. The molecule has 0 atom stereocenters. The van der Waals surface area contributed by atoms with Gasteiger partial charge in [0, 0.05) is 17.4 Å². The van der Waals surface area contributed by atoms with Crippen molar-refractivity contribution in [3.63, 3.8) is 0 Å². The van der Waals surface area contributed by atoms with Crippen LogP contribution in [0, 0.1) is 5.82 Å². The largest absolute Gasteiger partial charge is 0.487 e. The van der Waals surface area contributed by atoms with Gasteiger partial charge in [0.1, 0.15) is 0 Å². The first-order valence-corrected chi connectivity index (χ1v) is 9.63. The molecule has 0 aliphatic heterocycles. The molecule has 0 spiro atoms. The molecule has 0 saturated heterocycles. The van der Waals surface area contributed by atoms with Crippen LogP contribution in [0.15, 0.2) is 36.5 Å². The summed E-state index contributed by atoms with van der Waals surface area (Å²) in [6.07, 6.45) is 6.53. The van der Waals surface area contributed by atoms with Gasteiger partial charge in [-0.05, 0) is 67.5 Å². The number of aromatic amines is 1. The lowest BCUT2D eigenvalue weighted by molar-refractivity contribution is -0.140. The Morgan fingerprint density at radius 2 is 2.07 bits per heavy atom. The highest BCUT2D eigenvalue weighted by atomic mass is 19.1. The Morgan fingerprint density at radius 1 is 1.25 bits per heavy atom. The molecule has 28 heavy (non-hydrogen) atoms. The number of rotatable bonds is 6. The maximum Gasteiger partial charge on any atom is 0.305 e. The Labute approximate surface area is 162 Å². The average Bonchev–Trinajstić information content (AvgIpc) is 3.38. The van der Waals surface area contributed by atoms with E-state index in [9.17, 15) is 4.79 Å². The van der Waals surface area contributed by atoms with E-state index in [4.69, 9.17) is 9.47 Å². The standard InChI is InChI=1S/C22H23FN2O3/c1-27-21(26)9-6-14-10-18(15-7-8-20-16(12-15)13-24-25-20)22(19(23)11-14)28-17-4-2-3-5-17/h7-8,10-13,17H,2-6,9H2,1H3,(H,24,25). The average molecular weight is 382 g/mol. The van der Waals surface area contributed by atoms with Gasteiger partial charge in [-0.3, -0.25) is 9.89 Å². The number of aryl methyl sites for hydroxylation is 1. The molecule has 1 saturated carbocycles. The molecule has 1 N–H and O–H groups in total. The van der Waals surface area contributed by atoms with Crippen LogP contribution in [0.4, 0.5) is 4.39 Å². The zero-order valence-electron chi connectivity index (χ0n) is 15.8. The highest BCUT2D eigenvalue weighted by Gasteiger charge is 2.22. The number of ether oxygens (including phenoxy) is 2. The zero-order chi connectivity index (χ0) is 19.5. The normalized spacial score (nSPS) is 14.5. The van der Waals surface area contributed by atoms with Crippen LogP contribution < -0.4 is 4.74 Å². The van der Waals surface area contributed by atoms with Gasteiger partial charge in [0.05, 0.1) is 24.9 Å². The molecule has 6 heteroatoms. The van der Waals surface area contributed by atoms with E-state index in [-0.39, 0.29) is 24.2 Å². The minimum absolute atomic E-state index is 0.0480. The van der Waals surface area contributed by atoms with Gasteiger partial charge in [0.25, 0.3) is 0 Å². The summed E-state index contributed by atoms with van der Waals surface area (Å²) in [5.74, 6) is -0.416. The molecular formula is C22H23FN2O3. The van der Waals surface area contributed by atoms with Gasteiger partial charge in [-0.1, -0.05) is 6.07 Å². The van der Waals surface area contributed by atoms with E-state index in [2.05, 4.69) is 10.2 Å². The Morgan fingerprint density at radius 3 is 2.86 bits per heavy atom. The summed E-state index contributed by atoms with van der Waals surface area (Å²) >= 11 is 0. The van der Waals surface area contributed by atoms with Gasteiger partial charge < -0.3 is 9.47 Å². The van der Waals surface area contributed by atoms with Gasteiger partial charge in [-0.2, -0.15) is 5.10 Å². The van der Waals surface area contributed by atoms with Crippen molar-refractivity contribution < 1.29 is 18.7 Å². The topological polar surface area (TPSA) is 64.2 Å². The van der Waals surface area contributed by atoms with E-state index in [0.717, 1.165) is 47.7 Å². The van der Waals surface area contributed by atoms with Crippen molar-refractivity contribution in [1.82, 2.24) is 10.2 Å². The summed E-state index contributed by atoms with van der Waals surface area (Å²) in [6.45, 7) is 0. The SMILES string of the molecule is COC(=O)CCc1cc(F)c(OC2CCCC2)c(-c2ccc3[nH]ncc3c2)c1. The fourth-order valence-electron chi connectivity index (χ4n) is 3.76. The smallest absolute Gasteiger partial charge is 0.305 e. The highest BCUT2D eigenvalue weighted by molar-refractivity contribution is 5.85. The fraction of sp³-hybridized carbons (Fsp3) is 0.364. The first-order valence-electron chi connectivity index (χ1n) is 9.63. The molecule has 5 nitrogen and oxygen atoms in total. The number of aromatic nitrogens is 2. The molecule has 0 amide bonds. The van der Waals surface area contributed by atoms with Crippen LogP contribution >= 0.6 is 0 Å². The van der Waals surface area contributed by atoms with Crippen molar-refractivity contribution >= 4 is 16.9 Å². The molecule has 1 aromatic heterocycles. The van der Waals surface area contributed by atoms with Crippen LogP contribution in [-0.2, 0) is 16.0 Å². The number of H-pyrrole nitrogens is 1. The lowest BCUT2D eigenvalue weighted by atomic mass is 9.98. The summed E-state index contributed by atoms with van der Waals surface area (Å²) in [4.78, 5) is 11.5. The predicted molar refractivity (Wildman–Crippen MR) is 105 cm³/mol. The molecule has 1 heterocycles. The molecule has 0 radical (unpaired) electrons. The van der Waals surface area contributed by atoms with Crippen LogP contribution in [0.5, 0.6) is 5.75 Å². The maximum atomic E-state index is 15.1. The van der Waals surface area contributed by atoms with Crippen molar-refractivity contribution in [2.45, 2.75) is 44.6 Å². The van der Waals surface area contributed by atoms with E-state index in [1.54, 1.807) is 6.20 Å². The van der Waals surface area contributed by atoms with Crippen LogP contribution in [0.3, 0.4) is 0 Å². The molecule has 0 bridgehead atoms. The number of nitrogens with zero attached hydrogens (tertiary/aromatic N) is 1. The summed E-state index contributed by atoms with van der Waals surface area (Å²) in [5, 5.41) is 7.93. The third-order valence-electron chi connectivity index (χ3n) is 5.29. The first kappa shape index (κ1) is 18.5. The monoisotopic (exact) mass is 382 g/mol. The van der Waals surface area contributed by atoms with E-state index in [1.165, 1.54) is 13.2 Å². The number of carbonyl (C=O) groups is 1. The van der Waals surface area contributed by atoms with Crippen molar-refractivity contribution in [2.75, 3.05) is 7.11 Å². The summed E-state index contributed by atoms with van der Waals surface area (Å²) in [5.41, 5.74) is 3.23. The van der Waals surface area contributed by atoms with Crippen molar-refractivity contribution in [1.29, 1.82) is 0 Å². The molecule has 1 aliphatic rings. The number of hydrogen-bond donors (Lipinski definition) is 1. The number of methoxy groups -OCH3 is 1.